The summed E-state index contributed by atoms with van der Waals surface area (Å²) in [5.74, 6) is 0.781. The van der Waals surface area contributed by atoms with Crippen LogP contribution in [-0.2, 0) is 4.74 Å². The lowest BCUT2D eigenvalue weighted by Crippen LogP contribution is -2.34. The van der Waals surface area contributed by atoms with Crippen molar-refractivity contribution in [1.29, 1.82) is 5.26 Å². The second kappa shape index (κ2) is 9.05. The topological polar surface area (TPSA) is 71.1 Å². The lowest BCUT2D eigenvalue weighted by molar-refractivity contribution is 0.279. The summed E-state index contributed by atoms with van der Waals surface area (Å²) in [6.45, 7) is 1.35. The standard InChI is InChI=1S/C24H23N3OS2/c1-29-18-7-3-15(4-8-18)11-17-13-27-14-21-22(16-5-9-19(30-2)10-6-16)20(12-25)24(26)28-23(17)21/h3-11,22,27H,13-14,26H2,1-2H3. The van der Waals surface area contributed by atoms with Crippen LogP contribution in [0.5, 0.6) is 0 Å². The largest absolute Gasteiger partial charge is 0.440 e. The van der Waals surface area contributed by atoms with Gasteiger partial charge in [-0.3, -0.25) is 0 Å². The molecule has 3 N–H and O–H groups in total. The predicted octanol–water partition coefficient (Wildman–Crippen LogP) is 4.88. The summed E-state index contributed by atoms with van der Waals surface area (Å²) in [7, 11) is 0. The van der Waals surface area contributed by atoms with E-state index in [9.17, 15) is 5.26 Å². The van der Waals surface area contributed by atoms with Gasteiger partial charge in [0.25, 0.3) is 0 Å². The molecule has 2 aromatic carbocycles. The fourth-order valence-corrected chi connectivity index (χ4v) is 4.66. The fourth-order valence-electron chi connectivity index (χ4n) is 3.85. The summed E-state index contributed by atoms with van der Waals surface area (Å²) in [6.07, 6.45) is 6.25. The summed E-state index contributed by atoms with van der Waals surface area (Å²) in [5.41, 5.74) is 10.9. The highest BCUT2D eigenvalue weighted by Gasteiger charge is 2.35. The molecular formula is C24H23N3OS2. The van der Waals surface area contributed by atoms with Gasteiger partial charge in [-0.2, -0.15) is 5.26 Å². The van der Waals surface area contributed by atoms with E-state index in [1.807, 2.05) is 0 Å². The van der Waals surface area contributed by atoms with E-state index in [0.29, 0.717) is 18.7 Å². The van der Waals surface area contributed by atoms with E-state index in [0.717, 1.165) is 28.0 Å². The highest BCUT2D eigenvalue weighted by atomic mass is 32.2. The molecule has 1 atom stereocenters. The minimum atomic E-state index is -0.204. The van der Waals surface area contributed by atoms with Gasteiger partial charge in [0.2, 0.25) is 5.88 Å². The van der Waals surface area contributed by atoms with Crippen LogP contribution in [0.4, 0.5) is 0 Å². The second-order valence-electron chi connectivity index (χ2n) is 7.10. The lowest BCUT2D eigenvalue weighted by Gasteiger charge is -2.33. The van der Waals surface area contributed by atoms with Crippen LogP contribution in [0.1, 0.15) is 17.0 Å². The van der Waals surface area contributed by atoms with E-state index in [1.54, 1.807) is 23.5 Å². The van der Waals surface area contributed by atoms with Crippen LogP contribution >= 0.6 is 23.5 Å². The summed E-state index contributed by atoms with van der Waals surface area (Å²) in [5, 5.41) is 13.3. The average Bonchev–Trinajstić information content (AvgIpc) is 2.79. The zero-order valence-electron chi connectivity index (χ0n) is 16.9. The molecule has 2 aliphatic heterocycles. The van der Waals surface area contributed by atoms with Crippen LogP contribution in [0, 0.1) is 11.3 Å². The minimum absolute atomic E-state index is 0.195. The van der Waals surface area contributed by atoms with Crippen LogP contribution in [-0.4, -0.2) is 25.6 Å². The van der Waals surface area contributed by atoms with Crippen molar-refractivity contribution >= 4 is 29.6 Å². The maximum absolute atomic E-state index is 9.80. The number of hydrogen-bond donors (Lipinski definition) is 2. The number of nitrogens with two attached hydrogens (primary N) is 1. The first-order chi connectivity index (χ1) is 14.6. The molecule has 0 aliphatic carbocycles. The smallest absolute Gasteiger partial charge is 0.205 e. The first kappa shape index (κ1) is 20.7. The number of allylic oxidation sites excluding steroid dienone is 1. The van der Waals surface area contributed by atoms with Gasteiger partial charge >= 0.3 is 0 Å². The fraction of sp³-hybridized carbons (Fsp3) is 0.208. The number of thioether (sulfide) groups is 2. The van der Waals surface area contributed by atoms with Gasteiger partial charge in [-0.15, -0.1) is 23.5 Å². The highest BCUT2D eigenvalue weighted by molar-refractivity contribution is 7.98. The Morgan fingerprint density at radius 3 is 2.27 bits per heavy atom. The highest BCUT2D eigenvalue weighted by Crippen LogP contribution is 2.42. The Kier molecular flexibility index (Phi) is 6.24. The lowest BCUT2D eigenvalue weighted by atomic mass is 9.80. The van der Waals surface area contributed by atoms with Gasteiger partial charge in [0.15, 0.2) is 0 Å². The molecule has 0 bridgehead atoms. The third-order valence-corrected chi connectivity index (χ3v) is 6.84. The molecule has 152 valence electrons. The molecule has 0 aromatic heterocycles. The molecule has 0 saturated heterocycles. The summed E-state index contributed by atoms with van der Waals surface area (Å²) >= 11 is 3.42. The maximum atomic E-state index is 9.80. The molecule has 0 saturated carbocycles. The SMILES string of the molecule is CSc1ccc(C=C2CNCC3=C2OC(N)=C(C#N)C3c2ccc(SC)cc2)cc1. The molecule has 0 amide bonds. The summed E-state index contributed by atoms with van der Waals surface area (Å²) < 4.78 is 6.02. The molecule has 2 heterocycles. The zero-order chi connectivity index (χ0) is 21.1. The van der Waals surface area contributed by atoms with E-state index in [4.69, 9.17) is 10.5 Å². The number of nitrogens with one attached hydrogen (secondary N) is 1. The first-order valence-corrected chi connectivity index (χ1v) is 12.1. The predicted molar refractivity (Wildman–Crippen MR) is 125 cm³/mol. The van der Waals surface area contributed by atoms with Crippen molar-refractivity contribution < 1.29 is 4.74 Å². The normalized spacial score (nSPS) is 20.0. The maximum Gasteiger partial charge on any atom is 0.205 e. The molecule has 0 radical (unpaired) electrons. The van der Waals surface area contributed by atoms with Gasteiger partial charge in [-0.25, -0.2) is 0 Å². The van der Waals surface area contributed by atoms with E-state index in [1.165, 1.54) is 9.79 Å². The minimum Gasteiger partial charge on any atom is -0.440 e. The van der Waals surface area contributed by atoms with Crippen molar-refractivity contribution in [2.24, 2.45) is 5.73 Å². The second-order valence-corrected chi connectivity index (χ2v) is 8.86. The Balaban J connectivity index is 1.78. The summed E-state index contributed by atoms with van der Waals surface area (Å²) in [6, 6.07) is 19.0. The van der Waals surface area contributed by atoms with Crippen molar-refractivity contribution in [3.63, 3.8) is 0 Å². The molecule has 2 aromatic rings. The van der Waals surface area contributed by atoms with Crippen molar-refractivity contribution in [1.82, 2.24) is 5.32 Å². The van der Waals surface area contributed by atoms with E-state index in [2.05, 4.69) is 78.5 Å². The van der Waals surface area contributed by atoms with Crippen LogP contribution in [0.3, 0.4) is 0 Å². The molecule has 30 heavy (non-hydrogen) atoms. The first-order valence-electron chi connectivity index (χ1n) is 9.65. The number of benzene rings is 2. The van der Waals surface area contributed by atoms with Gasteiger partial charge in [-0.05, 0) is 59.6 Å². The number of ether oxygens (including phenoxy) is 1. The zero-order valence-corrected chi connectivity index (χ0v) is 18.6. The molecule has 1 unspecified atom stereocenters. The molecule has 0 spiro atoms. The van der Waals surface area contributed by atoms with Crippen molar-refractivity contribution in [3.05, 3.63) is 88.0 Å². The molecule has 4 rings (SSSR count). The average molecular weight is 434 g/mol. The van der Waals surface area contributed by atoms with Crippen molar-refractivity contribution in [2.75, 3.05) is 25.6 Å². The molecule has 4 nitrogen and oxygen atoms in total. The molecule has 0 fully saturated rings. The Morgan fingerprint density at radius 2 is 1.67 bits per heavy atom. The number of nitriles is 1. The van der Waals surface area contributed by atoms with Crippen molar-refractivity contribution in [3.8, 4) is 6.07 Å². The van der Waals surface area contributed by atoms with Gasteiger partial charge in [0.1, 0.15) is 17.4 Å². The van der Waals surface area contributed by atoms with E-state index in [-0.39, 0.29) is 11.8 Å². The van der Waals surface area contributed by atoms with Crippen molar-refractivity contribution in [2.45, 2.75) is 15.7 Å². The molecule has 2 aliphatic rings. The van der Waals surface area contributed by atoms with Crippen LogP contribution in [0.2, 0.25) is 0 Å². The van der Waals surface area contributed by atoms with Gasteiger partial charge < -0.3 is 15.8 Å². The Bertz CT molecular complexity index is 1080. The van der Waals surface area contributed by atoms with E-state index < -0.39 is 0 Å². The monoisotopic (exact) mass is 433 g/mol. The van der Waals surface area contributed by atoms with Crippen LogP contribution < -0.4 is 11.1 Å². The molecule has 6 heteroatoms. The third-order valence-electron chi connectivity index (χ3n) is 5.36. The number of nitrogens with zero attached hydrogens (tertiary/aromatic N) is 1. The van der Waals surface area contributed by atoms with Gasteiger partial charge in [0, 0.05) is 28.5 Å². The quantitative estimate of drug-likeness (QED) is 0.670. The summed E-state index contributed by atoms with van der Waals surface area (Å²) in [4.78, 5) is 2.42. The van der Waals surface area contributed by atoms with Crippen LogP contribution in [0.25, 0.3) is 6.08 Å². The van der Waals surface area contributed by atoms with E-state index >= 15 is 0 Å². The Labute approximate surface area is 185 Å². The number of rotatable bonds is 4. The number of hydrogen-bond acceptors (Lipinski definition) is 6. The third kappa shape index (κ3) is 4.01. The van der Waals surface area contributed by atoms with Crippen LogP contribution in [0.15, 0.2) is 86.7 Å². The molecular weight excluding hydrogens is 410 g/mol. The Morgan fingerprint density at radius 1 is 1.03 bits per heavy atom. The van der Waals surface area contributed by atoms with Gasteiger partial charge in [-0.1, -0.05) is 24.3 Å². The Hall–Kier alpha value is -2.59. The van der Waals surface area contributed by atoms with Gasteiger partial charge in [0.05, 0.1) is 5.92 Å².